The van der Waals surface area contributed by atoms with E-state index in [0.717, 1.165) is 22.0 Å². The normalized spacial score (nSPS) is 13.8. The van der Waals surface area contributed by atoms with E-state index in [1.54, 1.807) is 6.20 Å². The number of rotatable bonds is 21. The van der Waals surface area contributed by atoms with Gasteiger partial charge in [0.2, 0.25) is 35.4 Å². The molecule has 0 radical (unpaired) electrons. The van der Waals surface area contributed by atoms with Crippen molar-refractivity contribution in [2.75, 3.05) is 0 Å². The standard InChI is InChI=1S/C41H51N11O6/c1-4-26(5-2)36(52-40(57)35(18-29-21-44-23-47-29)50-38(55)33(48-24(3)53)15-25-11-7-6-8-12-25)41(58)51-34(16-27-19-45-31-14-10-9-13-30(27)31)39(56)49-32(37(42)54)17-28-20-43-22-46-28/h6-14,19-23,26,32-36,45H,4-5,15-18H2,1-3H3,(H2,42,54)(H,43,46)(H,44,47)(H,48,53)(H,49,56)(H,50,55)(H,51,58)(H,52,57)/t32-,33-,34-,35-,36-/m0/s1. The van der Waals surface area contributed by atoms with Crippen LogP contribution < -0.4 is 32.3 Å². The number of imidazole rings is 2. The number of hydrogen-bond acceptors (Lipinski definition) is 8. The maximum atomic E-state index is 14.4. The molecule has 58 heavy (non-hydrogen) atoms. The van der Waals surface area contributed by atoms with Crippen LogP contribution in [0.2, 0.25) is 0 Å². The molecule has 0 aliphatic rings. The third-order valence-electron chi connectivity index (χ3n) is 10.1. The second kappa shape index (κ2) is 20.4. The van der Waals surface area contributed by atoms with Crippen LogP contribution in [-0.4, -0.2) is 90.6 Å². The molecule has 3 heterocycles. The third-order valence-corrected chi connectivity index (χ3v) is 10.1. The molecule has 5 atom stereocenters. The highest BCUT2D eigenvalue weighted by molar-refractivity contribution is 5.97. The summed E-state index contributed by atoms with van der Waals surface area (Å²) in [5.74, 6) is -4.16. The molecular weight excluding hydrogens is 743 g/mol. The summed E-state index contributed by atoms with van der Waals surface area (Å²) >= 11 is 0. The quantitative estimate of drug-likeness (QED) is 0.0521. The van der Waals surface area contributed by atoms with Gasteiger partial charge in [0.15, 0.2) is 0 Å². The van der Waals surface area contributed by atoms with Gasteiger partial charge in [0, 0.05) is 73.5 Å². The molecule has 0 aliphatic heterocycles. The number of amides is 6. The summed E-state index contributed by atoms with van der Waals surface area (Å²) in [7, 11) is 0. The van der Waals surface area contributed by atoms with Crippen molar-refractivity contribution < 1.29 is 28.8 Å². The second-order valence-corrected chi connectivity index (χ2v) is 14.2. The van der Waals surface area contributed by atoms with Gasteiger partial charge >= 0.3 is 0 Å². The fourth-order valence-electron chi connectivity index (χ4n) is 6.92. The number of hydrogen-bond donors (Lipinski definition) is 9. The lowest BCUT2D eigenvalue weighted by Gasteiger charge is -2.30. The van der Waals surface area contributed by atoms with Gasteiger partial charge in [-0.15, -0.1) is 0 Å². The van der Waals surface area contributed by atoms with Crippen molar-refractivity contribution in [3.8, 4) is 0 Å². The summed E-state index contributed by atoms with van der Waals surface area (Å²) in [6, 6.07) is 11.0. The maximum absolute atomic E-state index is 14.4. The van der Waals surface area contributed by atoms with Crippen LogP contribution in [0.15, 0.2) is 85.8 Å². The molecule has 0 saturated carbocycles. The van der Waals surface area contributed by atoms with Gasteiger partial charge in [-0.3, -0.25) is 28.8 Å². The summed E-state index contributed by atoms with van der Waals surface area (Å²) in [5, 5.41) is 14.8. The third kappa shape index (κ3) is 11.6. The first-order valence-corrected chi connectivity index (χ1v) is 19.3. The Morgan fingerprint density at radius 3 is 1.74 bits per heavy atom. The average molecular weight is 794 g/mol. The maximum Gasteiger partial charge on any atom is 0.243 e. The summed E-state index contributed by atoms with van der Waals surface area (Å²) in [4.78, 5) is 98.3. The molecule has 2 aromatic carbocycles. The fourth-order valence-corrected chi connectivity index (χ4v) is 6.92. The van der Waals surface area contributed by atoms with Crippen molar-refractivity contribution in [1.82, 2.24) is 51.5 Å². The minimum absolute atomic E-state index is 0.0105. The number of nitrogens with two attached hydrogens (primary N) is 1. The van der Waals surface area contributed by atoms with Gasteiger partial charge in [-0.25, -0.2) is 9.97 Å². The van der Waals surface area contributed by atoms with E-state index in [4.69, 9.17) is 5.73 Å². The SMILES string of the molecule is CCC(CC)[C@H](NC(=O)[C@H](Cc1cnc[nH]1)NC(=O)[C@H](Cc1ccccc1)NC(C)=O)C(=O)N[C@@H](Cc1c[nH]c2ccccc12)C(=O)N[C@@H](Cc1cnc[nH]1)C(N)=O. The number of primary amides is 1. The first kappa shape index (κ1) is 42.4. The van der Waals surface area contributed by atoms with Crippen molar-refractivity contribution in [3.63, 3.8) is 0 Å². The van der Waals surface area contributed by atoms with Crippen molar-refractivity contribution in [2.24, 2.45) is 11.7 Å². The molecule has 0 aliphatic carbocycles. The molecule has 306 valence electrons. The molecule has 5 rings (SSSR count). The van der Waals surface area contributed by atoms with Crippen LogP contribution in [0.5, 0.6) is 0 Å². The number of aromatic nitrogens is 5. The van der Waals surface area contributed by atoms with Crippen LogP contribution in [0.25, 0.3) is 10.9 Å². The lowest BCUT2D eigenvalue weighted by molar-refractivity contribution is -0.135. The fraction of sp³-hybridized carbons (Fsp3) is 0.366. The van der Waals surface area contributed by atoms with Crippen LogP contribution in [0.4, 0.5) is 0 Å². The van der Waals surface area contributed by atoms with Crippen LogP contribution in [0, 0.1) is 5.92 Å². The van der Waals surface area contributed by atoms with Gasteiger partial charge < -0.3 is 47.3 Å². The number of aromatic amines is 3. The minimum Gasteiger partial charge on any atom is -0.368 e. The van der Waals surface area contributed by atoms with Crippen molar-refractivity contribution in [1.29, 1.82) is 0 Å². The van der Waals surface area contributed by atoms with Gasteiger partial charge in [-0.2, -0.15) is 0 Å². The Morgan fingerprint density at radius 2 is 1.16 bits per heavy atom. The molecular formula is C41H51N11O6. The average Bonchev–Trinajstić information content (AvgIpc) is 4.01. The van der Waals surface area contributed by atoms with Gasteiger partial charge in [0.05, 0.1) is 12.7 Å². The minimum atomic E-state index is -1.21. The molecule has 3 aromatic heterocycles. The number of benzene rings is 2. The predicted octanol–water partition coefficient (Wildman–Crippen LogP) is 1.25. The molecule has 5 aromatic rings. The topological polar surface area (TPSA) is 262 Å². The van der Waals surface area contributed by atoms with Crippen molar-refractivity contribution in [3.05, 3.63) is 108 Å². The highest BCUT2D eigenvalue weighted by Crippen LogP contribution is 2.20. The van der Waals surface area contributed by atoms with Gasteiger partial charge in [-0.05, 0) is 23.1 Å². The molecule has 0 saturated heterocycles. The molecule has 0 fully saturated rings. The molecule has 17 nitrogen and oxygen atoms in total. The lowest BCUT2D eigenvalue weighted by Crippen LogP contribution is -2.61. The number of carbonyl (C=O) groups excluding carboxylic acids is 6. The Kier molecular flexibility index (Phi) is 14.9. The number of carbonyl (C=O) groups is 6. The first-order chi connectivity index (χ1) is 27.9. The zero-order valence-corrected chi connectivity index (χ0v) is 32.7. The molecule has 6 amide bonds. The number of fused-ring (bicyclic) bond motifs is 1. The van der Waals surface area contributed by atoms with Crippen molar-refractivity contribution >= 4 is 46.3 Å². The van der Waals surface area contributed by atoms with Crippen LogP contribution in [-0.2, 0) is 54.5 Å². The second-order valence-electron chi connectivity index (χ2n) is 14.2. The van der Waals surface area contributed by atoms with Crippen molar-refractivity contribution in [2.45, 2.75) is 89.5 Å². The highest BCUT2D eigenvalue weighted by Gasteiger charge is 2.35. The molecule has 0 spiro atoms. The molecule has 0 unspecified atom stereocenters. The summed E-state index contributed by atoms with van der Waals surface area (Å²) in [6.45, 7) is 5.07. The Morgan fingerprint density at radius 1 is 0.621 bits per heavy atom. The van der Waals surface area contributed by atoms with Gasteiger partial charge in [0.1, 0.15) is 30.2 Å². The highest BCUT2D eigenvalue weighted by atomic mass is 16.2. The number of H-pyrrole nitrogens is 3. The molecule has 17 heteroatoms. The van der Waals surface area contributed by atoms with E-state index in [-0.39, 0.29) is 31.6 Å². The molecule has 0 bridgehead atoms. The molecule has 10 N–H and O–H groups in total. The van der Waals surface area contributed by atoms with Crippen LogP contribution >= 0.6 is 0 Å². The summed E-state index contributed by atoms with van der Waals surface area (Å²) in [6.07, 6.45) is 8.88. The lowest BCUT2D eigenvalue weighted by atomic mass is 9.92. The Bertz CT molecular complexity index is 2130. The van der Waals surface area contributed by atoms with E-state index in [1.807, 2.05) is 68.4 Å². The van der Waals surface area contributed by atoms with E-state index in [1.165, 1.54) is 32.0 Å². The van der Waals surface area contributed by atoms with Gasteiger partial charge in [0.25, 0.3) is 0 Å². The van der Waals surface area contributed by atoms with Gasteiger partial charge in [-0.1, -0.05) is 75.2 Å². The smallest absolute Gasteiger partial charge is 0.243 e. The predicted molar refractivity (Wildman–Crippen MR) is 215 cm³/mol. The van der Waals surface area contributed by atoms with Crippen LogP contribution in [0.3, 0.4) is 0 Å². The van der Waals surface area contributed by atoms with E-state index < -0.39 is 65.7 Å². The zero-order chi connectivity index (χ0) is 41.6. The Labute approximate surface area is 335 Å². The Hall–Kier alpha value is -6.78. The number of nitrogens with one attached hydrogen (secondary N) is 8. The zero-order valence-electron chi connectivity index (χ0n) is 32.7. The largest absolute Gasteiger partial charge is 0.368 e. The van der Waals surface area contributed by atoms with E-state index in [2.05, 4.69) is 51.5 Å². The van der Waals surface area contributed by atoms with E-state index in [9.17, 15) is 28.8 Å². The number of nitrogens with zero attached hydrogens (tertiary/aromatic N) is 2. The van der Waals surface area contributed by atoms with Crippen LogP contribution in [0.1, 0.15) is 56.1 Å². The first-order valence-electron chi connectivity index (χ1n) is 19.3. The Balaban J connectivity index is 1.41. The summed E-state index contributed by atoms with van der Waals surface area (Å²) in [5.41, 5.74) is 9.16. The summed E-state index contributed by atoms with van der Waals surface area (Å²) < 4.78 is 0. The monoisotopic (exact) mass is 793 g/mol. The van der Waals surface area contributed by atoms with E-state index >= 15 is 0 Å². The number of para-hydroxylation sites is 1. The van der Waals surface area contributed by atoms with E-state index in [0.29, 0.717) is 24.2 Å².